The Morgan fingerprint density at radius 1 is 0.962 bits per heavy atom. The van der Waals surface area contributed by atoms with Gasteiger partial charge in [-0.1, -0.05) is 6.07 Å². The van der Waals surface area contributed by atoms with E-state index in [1.807, 2.05) is 6.92 Å². The fraction of sp³-hybridized carbons (Fsp3) is 0.312. The molecule has 0 spiro atoms. The van der Waals surface area contributed by atoms with Crippen LogP contribution in [0.5, 0.6) is 0 Å². The van der Waals surface area contributed by atoms with Gasteiger partial charge in [-0.25, -0.2) is 16.8 Å². The van der Waals surface area contributed by atoms with Gasteiger partial charge in [0, 0.05) is 43.0 Å². The Morgan fingerprint density at radius 2 is 1.58 bits per heavy atom. The molecule has 0 unspecified atom stereocenters. The molecule has 1 saturated heterocycles. The Balaban J connectivity index is 1.78. The van der Waals surface area contributed by atoms with E-state index in [1.165, 1.54) is 27.1 Å². The standard InChI is InChI=1S/C16H18BrN3O4S2/c1-13-4-5-16(15(17)11-13)26(23,24)20-9-7-19(8-10-20)25(21,22)14-3-2-6-18-12-14/h2-6,11-12H,7-10H2,1H3. The summed E-state index contributed by atoms with van der Waals surface area (Å²) in [6, 6.07) is 8.08. The van der Waals surface area contributed by atoms with Crippen LogP contribution in [0.3, 0.4) is 0 Å². The molecule has 140 valence electrons. The number of hydrogen-bond acceptors (Lipinski definition) is 5. The van der Waals surface area contributed by atoms with Crippen LogP contribution in [0, 0.1) is 6.92 Å². The predicted octanol–water partition coefficient (Wildman–Crippen LogP) is 1.85. The second-order valence-corrected chi connectivity index (χ2v) is 10.6. The number of halogens is 1. The second-order valence-electron chi connectivity index (χ2n) is 5.93. The van der Waals surface area contributed by atoms with Crippen molar-refractivity contribution in [2.24, 2.45) is 0 Å². The first-order chi connectivity index (χ1) is 12.2. The molecular formula is C16H18BrN3O4S2. The largest absolute Gasteiger partial charge is 0.263 e. The van der Waals surface area contributed by atoms with E-state index < -0.39 is 20.0 Å². The van der Waals surface area contributed by atoms with Crippen molar-refractivity contribution in [1.29, 1.82) is 0 Å². The molecule has 0 saturated carbocycles. The minimum Gasteiger partial charge on any atom is -0.263 e. The van der Waals surface area contributed by atoms with Gasteiger partial charge in [-0.2, -0.15) is 8.61 Å². The number of hydrogen-bond donors (Lipinski definition) is 0. The number of benzene rings is 1. The van der Waals surface area contributed by atoms with Crippen LogP contribution in [0.1, 0.15) is 5.56 Å². The average molecular weight is 460 g/mol. The molecule has 26 heavy (non-hydrogen) atoms. The highest BCUT2D eigenvalue weighted by molar-refractivity contribution is 9.10. The number of aryl methyl sites for hydroxylation is 1. The lowest BCUT2D eigenvalue weighted by Crippen LogP contribution is -2.50. The van der Waals surface area contributed by atoms with E-state index >= 15 is 0 Å². The summed E-state index contributed by atoms with van der Waals surface area (Å²) in [6.45, 7) is 2.27. The Labute approximate surface area is 161 Å². The minimum atomic E-state index is -3.69. The highest BCUT2D eigenvalue weighted by Gasteiger charge is 2.34. The highest BCUT2D eigenvalue weighted by atomic mass is 79.9. The lowest BCUT2D eigenvalue weighted by atomic mass is 10.2. The zero-order valence-corrected chi connectivity index (χ0v) is 17.3. The molecule has 1 aliphatic rings. The third-order valence-electron chi connectivity index (χ3n) is 4.17. The van der Waals surface area contributed by atoms with Crippen molar-refractivity contribution >= 4 is 36.0 Å². The van der Waals surface area contributed by atoms with Gasteiger partial charge >= 0.3 is 0 Å². The first-order valence-electron chi connectivity index (χ1n) is 7.89. The molecule has 0 radical (unpaired) electrons. The van der Waals surface area contributed by atoms with Crippen molar-refractivity contribution in [3.63, 3.8) is 0 Å². The van der Waals surface area contributed by atoms with E-state index in [4.69, 9.17) is 0 Å². The van der Waals surface area contributed by atoms with E-state index in [9.17, 15) is 16.8 Å². The normalized spacial score (nSPS) is 17.3. The van der Waals surface area contributed by atoms with Crippen molar-refractivity contribution < 1.29 is 16.8 Å². The third kappa shape index (κ3) is 3.70. The summed E-state index contributed by atoms with van der Waals surface area (Å²) in [5.41, 5.74) is 0.947. The number of pyridine rings is 1. The molecule has 0 atom stereocenters. The van der Waals surface area contributed by atoms with Gasteiger partial charge in [0.25, 0.3) is 0 Å². The van der Waals surface area contributed by atoms with Crippen LogP contribution >= 0.6 is 15.9 Å². The van der Waals surface area contributed by atoms with Gasteiger partial charge in [-0.15, -0.1) is 0 Å². The number of rotatable bonds is 4. The molecule has 0 N–H and O–H groups in total. The van der Waals surface area contributed by atoms with Crippen LogP contribution < -0.4 is 0 Å². The van der Waals surface area contributed by atoms with Crippen LogP contribution in [-0.2, 0) is 20.0 Å². The number of piperazine rings is 1. The van der Waals surface area contributed by atoms with Crippen molar-refractivity contribution in [3.05, 3.63) is 52.8 Å². The number of nitrogens with zero attached hydrogens (tertiary/aromatic N) is 3. The van der Waals surface area contributed by atoms with Crippen molar-refractivity contribution in [1.82, 2.24) is 13.6 Å². The molecule has 2 heterocycles. The molecule has 0 amide bonds. The number of aromatic nitrogens is 1. The molecule has 1 aromatic carbocycles. The van der Waals surface area contributed by atoms with Crippen molar-refractivity contribution in [2.45, 2.75) is 16.7 Å². The van der Waals surface area contributed by atoms with E-state index in [0.29, 0.717) is 4.47 Å². The number of sulfonamides is 2. The lowest BCUT2D eigenvalue weighted by molar-refractivity contribution is 0.272. The van der Waals surface area contributed by atoms with Gasteiger partial charge in [0.05, 0.1) is 4.90 Å². The molecule has 1 aromatic heterocycles. The van der Waals surface area contributed by atoms with E-state index in [0.717, 1.165) is 5.56 Å². The van der Waals surface area contributed by atoms with Gasteiger partial charge in [-0.05, 0) is 52.7 Å². The molecule has 0 aliphatic carbocycles. The van der Waals surface area contributed by atoms with Crippen LogP contribution in [0.4, 0.5) is 0 Å². The summed E-state index contributed by atoms with van der Waals surface area (Å²) in [4.78, 5) is 4.13. The fourth-order valence-corrected chi connectivity index (χ4v) is 6.71. The maximum atomic E-state index is 12.9. The summed E-state index contributed by atoms with van der Waals surface area (Å²) in [6.07, 6.45) is 2.80. The predicted molar refractivity (Wildman–Crippen MR) is 101 cm³/mol. The van der Waals surface area contributed by atoms with Crippen molar-refractivity contribution in [3.8, 4) is 0 Å². The van der Waals surface area contributed by atoms with Crippen LogP contribution in [0.15, 0.2) is 57.0 Å². The van der Waals surface area contributed by atoms with Gasteiger partial charge in [0.2, 0.25) is 20.0 Å². The Kier molecular flexibility index (Phi) is 5.50. The SMILES string of the molecule is Cc1ccc(S(=O)(=O)N2CCN(S(=O)(=O)c3cccnc3)CC2)c(Br)c1. The molecule has 2 aromatic rings. The first kappa shape index (κ1) is 19.4. The summed E-state index contributed by atoms with van der Waals surface area (Å²) in [5, 5.41) is 0. The summed E-state index contributed by atoms with van der Waals surface area (Å²) < 4.78 is 54.1. The molecule has 10 heteroatoms. The maximum absolute atomic E-state index is 12.9. The zero-order chi connectivity index (χ0) is 18.9. The van der Waals surface area contributed by atoms with Gasteiger partial charge < -0.3 is 0 Å². The molecule has 1 fully saturated rings. The molecule has 3 rings (SSSR count). The van der Waals surface area contributed by atoms with E-state index in [1.54, 1.807) is 24.3 Å². The van der Waals surface area contributed by atoms with Crippen LogP contribution in [0.25, 0.3) is 0 Å². The van der Waals surface area contributed by atoms with E-state index in [-0.39, 0.29) is 36.0 Å². The molecule has 0 bridgehead atoms. The lowest BCUT2D eigenvalue weighted by Gasteiger charge is -2.33. The smallest absolute Gasteiger partial charge is 0.244 e. The monoisotopic (exact) mass is 459 g/mol. The van der Waals surface area contributed by atoms with E-state index in [2.05, 4.69) is 20.9 Å². The Hall–Kier alpha value is -1.33. The summed E-state index contributed by atoms with van der Waals surface area (Å²) in [7, 11) is -7.36. The quantitative estimate of drug-likeness (QED) is 0.695. The van der Waals surface area contributed by atoms with Gasteiger partial charge in [-0.3, -0.25) is 4.98 Å². The van der Waals surface area contributed by atoms with Gasteiger partial charge in [0.15, 0.2) is 0 Å². The Morgan fingerprint density at radius 3 is 2.12 bits per heavy atom. The Bertz CT molecular complexity index is 1000. The average Bonchev–Trinajstić information content (AvgIpc) is 2.62. The third-order valence-corrected chi connectivity index (χ3v) is 8.93. The first-order valence-corrected chi connectivity index (χ1v) is 11.6. The molecule has 1 aliphatic heterocycles. The fourth-order valence-electron chi connectivity index (χ4n) is 2.75. The summed E-state index contributed by atoms with van der Waals surface area (Å²) >= 11 is 3.30. The van der Waals surface area contributed by atoms with Crippen LogP contribution in [-0.4, -0.2) is 56.6 Å². The highest BCUT2D eigenvalue weighted by Crippen LogP contribution is 2.27. The molecular weight excluding hydrogens is 442 g/mol. The topological polar surface area (TPSA) is 87.7 Å². The van der Waals surface area contributed by atoms with Gasteiger partial charge in [0.1, 0.15) is 4.90 Å². The minimum absolute atomic E-state index is 0.0972. The zero-order valence-electron chi connectivity index (χ0n) is 14.0. The van der Waals surface area contributed by atoms with Crippen LogP contribution in [0.2, 0.25) is 0 Å². The summed E-state index contributed by atoms with van der Waals surface area (Å²) in [5.74, 6) is 0. The second kappa shape index (κ2) is 7.35. The van der Waals surface area contributed by atoms with Crippen molar-refractivity contribution in [2.75, 3.05) is 26.2 Å². The maximum Gasteiger partial charge on any atom is 0.244 e. The molecule has 7 nitrogen and oxygen atoms in total.